The number of aromatic nitrogens is 4. The Morgan fingerprint density at radius 1 is 1.00 bits per heavy atom. The molecule has 1 atom stereocenters. The number of nitrogens with one attached hydrogen (secondary N) is 2. The number of amides is 2. The number of benzene rings is 3. The van der Waals surface area contributed by atoms with E-state index in [2.05, 4.69) is 26.2 Å². The van der Waals surface area contributed by atoms with Crippen molar-refractivity contribution in [3.8, 4) is 16.8 Å². The van der Waals surface area contributed by atoms with Gasteiger partial charge in [-0.1, -0.05) is 60.7 Å². The van der Waals surface area contributed by atoms with E-state index in [9.17, 15) is 9.59 Å². The first-order valence-electron chi connectivity index (χ1n) is 13.8. The van der Waals surface area contributed by atoms with Crippen LogP contribution in [-0.4, -0.2) is 61.9 Å². The molecule has 0 unspecified atom stereocenters. The molecule has 3 aromatic carbocycles. The van der Waals surface area contributed by atoms with Crippen LogP contribution in [0.25, 0.3) is 16.8 Å². The van der Waals surface area contributed by atoms with Crippen LogP contribution in [0.2, 0.25) is 0 Å². The molecule has 0 fully saturated rings. The third kappa shape index (κ3) is 6.50. The maximum atomic E-state index is 14.1. The van der Waals surface area contributed by atoms with E-state index in [1.54, 1.807) is 15.9 Å². The monoisotopic (exact) mass is 553 g/mol. The maximum absolute atomic E-state index is 14.1. The van der Waals surface area contributed by atoms with Crippen molar-refractivity contribution in [3.63, 3.8) is 0 Å². The van der Waals surface area contributed by atoms with Crippen LogP contribution in [0, 0.1) is 0 Å². The van der Waals surface area contributed by atoms with E-state index in [1.807, 2.05) is 86.6 Å². The highest BCUT2D eigenvalue weighted by molar-refractivity contribution is 6.00. The lowest BCUT2D eigenvalue weighted by Gasteiger charge is -2.29. The number of aliphatic hydroxyl groups excluding tert-OH is 1. The van der Waals surface area contributed by atoms with Gasteiger partial charge in [0, 0.05) is 29.8 Å². The highest BCUT2D eigenvalue weighted by Crippen LogP contribution is 2.33. The Hall–Kier alpha value is -4.41. The van der Waals surface area contributed by atoms with Crippen molar-refractivity contribution in [2.75, 3.05) is 18.1 Å². The molecule has 2 heterocycles. The Morgan fingerprint density at radius 3 is 2.46 bits per heavy atom. The van der Waals surface area contributed by atoms with Gasteiger partial charge in [0.25, 0.3) is 0 Å². The second kappa shape index (κ2) is 12.4. The van der Waals surface area contributed by atoms with Crippen molar-refractivity contribution in [2.45, 2.75) is 51.2 Å². The Morgan fingerprint density at radius 2 is 1.71 bits per heavy atom. The largest absolute Gasteiger partial charge is 0.395 e. The number of carbonyl (C=O) groups is 2. The minimum atomic E-state index is -0.663. The summed E-state index contributed by atoms with van der Waals surface area (Å²) in [5.74, 6) is -0.353. The summed E-state index contributed by atoms with van der Waals surface area (Å²) >= 11 is 0. The lowest BCUT2D eigenvalue weighted by atomic mass is 9.97. The molecule has 1 aliphatic rings. The van der Waals surface area contributed by atoms with Crippen molar-refractivity contribution < 1.29 is 14.7 Å². The molecule has 5 rings (SSSR count). The topological polar surface area (TPSA) is 125 Å². The second-order valence-electron chi connectivity index (χ2n) is 10.9. The van der Waals surface area contributed by atoms with Gasteiger partial charge in [0.2, 0.25) is 11.8 Å². The Balaban J connectivity index is 1.46. The highest BCUT2D eigenvalue weighted by Gasteiger charge is 2.33. The molecule has 3 N–H and O–H groups in total. The van der Waals surface area contributed by atoms with Crippen LogP contribution in [0.5, 0.6) is 0 Å². The first kappa shape index (κ1) is 28.1. The molecule has 41 heavy (non-hydrogen) atoms. The summed E-state index contributed by atoms with van der Waals surface area (Å²) in [5.41, 5.74) is 5.08. The fourth-order valence-corrected chi connectivity index (χ4v) is 5.38. The normalized spacial score (nSPS) is 15.3. The van der Waals surface area contributed by atoms with E-state index in [4.69, 9.17) is 5.11 Å². The van der Waals surface area contributed by atoms with Crippen molar-refractivity contribution >= 4 is 17.5 Å². The standard InChI is InChI=1S/C31H35N7O3/c1-31(2,32-17-18-39)19-29(40)34-26-16-15-22-9-4-7-13-27(22)37(30(26)41)20-23-10-3-5-11-24(23)25-12-6-8-14-28(25)38-21-33-35-36-38/h3-14,21,26,32,39H,15-20H2,1-2H3,(H,34,40)/t26-/m1/s1. The fraction of sp³-hybridized carbons (Fsp3) is 0.323. The summed E-state index contributed by atoms with van der Waals surface area (Å²) in [5, 5.41) is 27.0. The van der Waals surface area contributed by atoms with Crippen LogP contribution in [0.4, 0.5) is 5.69 Å². The summed E-state index contributed by atoms with van der Waals surface area (Å²) < 4.78 is 1.63. The first-order valence-corrected chi connectivity index (χ1v) is 13.8. The minimum absolute atomic E-state index is 0.0128. The Labute approximate surface area is 239 Å². The SMILES string of the molecule is CC(C)(CC(=O)N[C@@H]1CCc2ccccc2N(Cc2ccccc2-c2ccccc2-n2cnnn2)C1=O)NCCO. The van der Waals surface area contributed by atoms with Crippen molar-refractivity contribution in [3.05, 3.63) is 90.3 Å². The van der Waals surface area contributed by atoms with Crippen LogP contribution >= 0.6 is 0 Å². The Bertz CT molecular complexity index is 1500. The number of anilines is 1. The minimum Gasteiger partial charge on any atom is -0.395 e. The lowest BCUT2D eigenvalue weighted by Crippen LogP contribution is -2.51. The van der Waals surface area contributed by atoms with Crippen LogP contribution < -0.4 is 15.5 Å². The summed E-state index contributed by atoms with van der Waals surface area (Å²) in [6, 6.07) is 23.1. The molecule has 1 aliphatic heterocycles. The second-order valence-corrected chi connectivity index (χ2v) is 10.9. The molecule has 2 amide bonds. The summed E-state index contributed by atoms with van der Waals surface area (Å²) in [7, 11) is 0. The number of aryl methyl sites for hydroxylation is 1. The predicted octanol–water partition coefficient (Wildman–Crippen LogP) is 3.04. The van der Waals surface area contributed by atoms with Gasteiger partial charge in [-0.15, -0.1) is 5.10 Å². The van der Waals surface area contributed by atoms with Crippen LogP contribution in [0.1, 0.15) is 37.8 Å². The van der Waals surface area contributed by atoms with Crippen LogP contribution in [0.3, 0.4) is 0 Å². The fourth-order valence-electron chi connectivity index (χ4n) is 5.38. The quantitative estimate of drug-likeness (QED) is 0.276. The number of fused-ring (bicyclic) bond motifs is 1. The first-order chi connectivity index (χ1) is 19.9. The van der Waals surface area contributed by atoms with Gasteiger partial charge in [-0.05, 0) is 65.9 Å². The molecule has 4 aromatic rings. The molecule has 212 valence electrons. The number of rotatable bonds is 10. The number of carbonyl (C=O) groups excluding carboxylic acids is 2. The van der Waals surface area contributed by atoms with Gasteiger partial charge in [0.15, 0.2) is 0 Å². The third-order valence-corrected chi connectivity index (χ3v) is 7.34. The van der Waals surface area contributed by atoms with E-state index >= 15 is 0 Å². The molecular formula is C31H35N7O3. The van der Waals surface area contributed by atoms with Crippen LogP contribution in [-0.2, 0) is 22.6 Å². The van der Waals surface area contributed by atoms with Gasteiger partial charge in [-0.3, -0.25) is 9.59 Å². The molecular weight excluding hydrogens is 518 g/mol. The van der Waals surface area contributed by atoms with Crippen molar-refractivity contribution in [1.82, 2.24) is 30.8 Å². The van der Waals surface area contributed by atoms with Gasteiger partial charge in [-0.25, -0.2) is 0 Å². The summed E-state index contributed by atoms with van der Waals surface area (Å²) in [6.45, 7) is 4.52. The number of hydrogen-bond acceptors (Lipinski definition) is 7. The third-order valence-electron chi connectivity index (χ3n) is 7.34. The van der Waals surface area contributed by atoms with E-state index in [0.717, 1.165) is 33.6 Å². The number of β-amino-alcohol motifs (C(OH)–C–C–N with tert-alkyl or cyclic N) is 1. The number of tetrazole rings is 1. The predicted molar refractivity (Wildman–Crippen MR) is 156 cm³/mol. The molecule has 10 heteroatoms. The maximum Gasteiger partial charge on any atom is 0.249 e. The molecule has 10 nitrogen and oxygen atoms in total. The van der Waals surface area contributed by atoms with Gasteiger partial charge in [0.1, 0.15) is 12.4 Å². The zero-order valence-electron chi connectivity index (χ0n) is 23.3. The molecule has 1 aromatic heterocycles. The molecule has 0 aliphatic carbocycles. The van der Waals surface area contributed by atoms with E-state index in [-0.39, 0.29) is 24.8 Å². The smallest absolute Gasteiger partial charge is 0.249 e. The van der Waals surface area contributed by atoms with E-state index in [0.29, 0.717) is 25.9 Å². The highest BCUT2D eigenvalue weighted by atomic mass is 16.3. The van der Waals surface area contributed by atoms with Gasteiger partial charge in [-0.2, -0.15) is 4.68 Å². The number of hydrogen-bond donors (Lipinski definition) is 3. The molecule has 0 saturated carbocycles. The molecule has 0 radical (unpaired) electrons. The van der Waals surface area contributed by atoms with E-state index in [1.165, 1.54) is 0 Å². The summed E-state index contributed by atoms with van der Waals surface area (Å²) in [4.78, 5) is 29.0. The number of para-hydroxylation sites is 2. The number of aliphatic hydroxyl groups is 1. The lowest BCUT2D eigenvalue weighted by molar-refractivity contribution is -0.128. The Kier molecular flexibility index (Phi) is 8.51. The van der Waals surface area contributed by atoms with Gasteiger partial charge in [0.05, 0.1) is 18.8 Å². The zero-order chi connectivity index (χ0) is 28.8. The summed E-state index contributed by atoms with van der Waals surface area (Å²) in [6.07, 6.45) is 2.91. The number of nitrogens with zero attached hydrogens (tertiary/aromatic N) is 5. The van der Waals surface area contributed by atoms with Gasteiger partial charge >= 0.3 is 0 Å². The van der Waals surface area contributed by atoms with E-state index < -0.39 is 11.6 Å². The van der Waals surface area contributed by atoms with Gasteiger partial charge < -0.3 is 20.6 Å². The molecule has 0 saturated heterocycles. The average Bonchev–Trinajstić information content (AvgIpc) is 3.48. The van der Waals surface area contributed by atoms with Crippen molar-refractivity contribution in [2.24, 2.45) is 0 Å². The zero-order valence-corrected chi connectivity index (χ0v) is 23.3. The van der Waals surface area contributed by atoms with Crippen LogP contribution in [0.15, 0.2) is 79.1 Å². The van der Waals surface area contributed by atoms with Crippen molar-refractivity contribution in [1.29, 1.82) is 0 Å². The molecule has 0 spiro atoms. The molecule has 0 bridgehead atoms. The average molecular weight is 554 g/mol.